The van der Waals surface area contributed by atoms with E-state index in [2.05, 4.69) is 18.0 Å². The number of rotatable bonds is 8. The maximum absolute atomic E-state index is 13.7. The first-order valence-electron chi connectivity index (χ1n) is 12.6. The maximum atomic E-state index is 13.7. The molecule has 7 heteroatoms. The van der Waals surface area contributed by atoms with Crippen LogP contribution in [0.3, 0.4) is 0 Å². The lowest BCUT2D eigenvalue weighted by Crippen LogP contribution is -2.63. The lowest BCUT2D eigenvalue weighted by molar-refractivity contribution is -0.158. The van der Waals surface area contributed by atoms with Crippen LogP contribution in [-0.4, -0.2) is 59.4 Å². The van der Waals surface area contributed by atoms with E-state index in [9.17, 15) is 9.59 Å². The Morgan fingerprint density at radius 3 is 2.66 bits per heavy atom. The highest BCUT2D eigenvalue weighted by Gasteiger charge is 2.48. The third-order valence-electron chi connectivity index (χ3n) is 7.18. The first-order chi connectivity index (χ1) is 17.1. The van der Waals surface area contributed by atoms with Gasteiger partial charge in [-0.15, -0.1) is 0 Å². The smallest absolute Gasteiger partial charge is 0.246 e. The number of piperazine rings is 1. The van der Waals surface area contributed by atoms with Gasteiger partial charge in [-0.05, 0) is 42.7 Å². The second-order valence-electron chi connectivity index (χ2n) is 9.30. The number of fused-ring (bicyclic) bond motifs is 4. The number of aromatic amines is 1. The number of ether oxygens (including phenoxy) is 2. The van der Waals surface area contributed by atoms with E-state index < -0.39 is 12.1 Å². The first kappa shape index (κ1) is 23.3. The monoisotopic (exact) mass is 475 g/mol. The first-order valence-corrected chi connectivity index (χ1v) is 12.6. The minimum Gasteiger partial charge on any atom is -0.493 e. The third-order valence-corrected chi connectivity index (χ3v) is 7.18. The number of hydrogen-bond donors (Lipinski definition) is 1. The Bertz CT molecular complexity index is 1250. The molecule has 1 fully saturated rings. The SMILES string of the molecule is CCCCCN1CC(=O)N2C(Cc3c([nH]c4ccccc34)C2c2ccc(OCC)c(OC)c2)C1=O. The summed E-state index contributed by atoms with van der Waals surface area (Å²) >= 11 is 0. The number of amides is 2. The molecule has 1 saturated heterocycles. The van der Waals surface area contributed by atoms with Crippen LogP contribution in [0.2, 0.25) is 0 Å². The molecule has 3 aromatic rings. The summed E-state index contributed by atoms with van der Waals surface area (Å²) in [6.45, 7) is 5.35. The average Bonchev–Trinajstić information content (AvgIpc) is 3.24. The number of hydrogen-bond acceptors (Lipinski definition) is 4. The van der Waals surface area contributed by atoms with Crippen molar-refractivity contribution >= 4 is 22.7 Å². The molecular formula is C28H33N3O4. The summed E-state index contributed by atoms with van der Waals surface area (Å²) in [5, 5.41) is 1.11. The maximum Gasteiger partial charge on any atom is 0.246 e. The van der Waals surface area contributed by atoms with Crippen LogP contribution in [0.25, 0.3) is 10.9 Å². The molecule has 3 heterocycles. The van der Waals surface area contributed by atoms with Crippen molar-refractivity contribution in [3.05, 3.63) is 59.3 Å². The van der Waals surface area contributed by atoms with Crippen LogP contribution in [0.1, 0.15) is 56.0 Å². The van der Waals surface area contributed by atoms with Gasteiger partial charge in [0.25, 0.3) is 0 Å². The fourth-order valence-corrected chi connectivity index (χ4v) is 5.54. The van der Waals surface area contributed by atoms with E-state index in [4.69, 9.17) is 9.47 Å². The van der Waals surface area contributed by atoms with Crippen molar-refractivity contribution in [2.45, 2.75) is 51.6 Å². The summed E-state index contributed by atoms with van der Waals surface area (Å²) in [5.74, 6) is 1.29. The number of benzene rings is 2. The van der Waals surface area contributed by atoms with Crippen molar-refractivity contribution in [1.82, 2.24) is 14.8 Å². The molecule has 2 atom stereocenters. The molecule has 0 bridgehead atoms. The average molecular weight is 476 g/mol. The third kappa shape index (κ3) is 4.03. The van der Waals surface area contributed by atoms with Gasteiger partial charge in [-0.25, -0.2) is 0 Å². The van der Waals surface area contributed by atoms with Gasteiger partial charge >= 0.3 is 0 Å². The van der Waals surface area contributed by atoms with Crippen LogP contribution < -0.4 is 9.47 Å². The predicted octanol–water partition coefficient (Wildman–Crippen LogP) is 4.45. The lowest BCUT2D eigenvalue weighted by Gasteiger charge is -2.47. The van der Waals surface area contributed by atoms with E-state index in [0.29, 0.717) is 31.1 Å². The number of nitrogens with zero attached hydrogens (tertiary/aromatic N) is 2. The predicted molar refractivity (Wildman–Crippen MR) is 135 cm³/mol. The van der Waals surface area contributed by atoms with E-state index in [1.54, 1.807) is 16.9 Å². The normalized spacial score (nSPS) is 19.6. The molecule has 0 saturated carbocycles. The Morgan fingerprint density at radius 2 is 1.89 bits per heavy atom. The van der Waals surface area contributed by atoms with Crippen LogP contribution in [0.4, 0.5) is 0 Å². The molecule has 0 spiro atoms. The standard InChI is InChI=1S/C28H33N3O4/c1-4-6-9-14-30-17-25(32)31-22(28(30)33)16-20-19-10-7-8-11-21(19)29-26(20)27(31)18-12-13-23(35-5-2)24(15-18)34-3/h7-8,10-13,15,22,27,29H,4-6,9,14,16-17H2,1-3H3. The summed E-state index contributed by atoms with van der Waals surface area (Å²) in [4.78, 5) is 34.4. The molecule has 7 nitrogen and oxygen atoms in total. The Labute approximate surface area is 206 Å². The highest BCUT2D eigenvalue weighted by molar-refractivity contribution is 5.97. The Balaban J connectivity index is 1.62. The molecular weight excluding hydrogens is 442 g/mol. The van der Waals surface area contributed by atoms with Crippen LogP contribution >= 0.6 is 0 Å². The van der Waals surface area contributed by atoms with Gasteiger partial charge in [0.15, 0.2) is 11.5 Å². The second-order valence-corrected chi connectivity index (χ2v) is 9.30. The molecule has 1 N–H and O–H groups in total. The van der Waals surface area contributed by atoms with Crippen molar-refractivity contribution < 1.29 is 19.1 Å². The highest BCUT2D eigenvalue weighted by atomic mass is 16.5. The molecule has 35 heavy (non-hydrogen) atoms. The quantitative estimate of drug-likeness (QED) is 0.489. The van der Waals surface area contributed by atoms with Crippen molar-refractivity contribution in [2.75, 3.05) is 26.8 Å². The van der Waals surface area contributed by atoms with Gasteiger partial charge in [-0.1, -0.05) is 44.0 Å². The summed E-state index contributed by atoms with van der Waals surface area (Å²) in [7, 11) is 1.61. The zero-order valence-electron chi connectivity index (χ0n) is 20.7. The number of unbranched alkanes of at least 4 members (excludes halogenated alkanes) is 2. The Hall–Kier alpha value is -3.48. The molecule has 2 unspecified atom stereocenters. The van der Waals surface area contributed by atoms with E-state index in [-0.39, 0.29) is 18.4 Å². The summed E-state index contributed by atoms with van der Waals surface area (Å²) in [5.41, 5.74) is 3.98. The molecule has 1 aromatic heterocycles. The lowest BCUT2D eigenvalue weighted by atomic mass is 9.86. The molecule has 0 radical (unpaired) electrons. The Kier molecular flexibility index (Phi) is 6.41. The van der Waals surface area contributed by atoms with Gasteiger partial charge in [-0.2, -0.15) is 0 Å². The van der Waals surface area contributed by atoms with Gasteiger partial charge in [0.2, 0.25) is 11.8 Å². The minimum atomic E-state index is -0.521. The number of carbonyl (C=O) groups is 2. The van der Waals surface area contributed by atoms with Gasteiger partial charge in [-0.3, -0.25) is 9.59 Å². The molecule has 5 rings (SSSR count). The number of methoxy groups -OCH3 is 1. The highest BCUT2D eigenvalue weighted by Crippen LogP contribution is 2.44. The van der Waals surface area contributed by atoms with Crippen LogP contribution in [0.15, 0.2) is 42.5 Å². The molecule has 2 aliphatic rings. The largest absolute Gasteiger partial charge is 0.493 e. The molecule has 2 aromatic carbocycles. The summed E-state index contributed by atoms with van der Waals surface area (Å²) in [6.07, 6.45) is 3.55. The second kappa shape index (κ2) is 9.64. The molecule has 2 aliphatic heterocycles. The fourth-order valence-electron chi connectivity index (χ4n) is 5.54. The van der Waals surface area contributed by atoms with Crippen LogP contribution in [0, 0.1) is 0 Å². The zero-order chi connectivity index (χ0) is 24.5. The number of aromatic nitrogens is 1. The van der Waals surface area contributed by atoms with E-state index in [0.717, 1.165) is 47.0 Å². The van der Waals surface area contributed by atoms with Crippen LogP contribution in [-0.2, 0) is 16.0 Å². The van der Waals surface area contributed by atoms with E-state index in [1.807, 2.05) is 43.3 Å². The van der Waals surface area contributed by atoms with Gasteiger partial charge in [0.05, 0.1) is 26.3 Å². The van der Waals surface area contributed by atoms with Crippen LogP contribution in [0.5, 0.6) is 11.5 Å². The van der Waals surface area contributed by atoms with E-state index in [1.165, 1.54) is 0 Å². The number of para-hydroxylation sites is 1. The topological polar surface area (TPSA) is 74.9 Å². The molecule has 184 valence electrons. The Morgan fingerprint density at radius 1 is 1.06 bits per heavy atom. The number of H-pyrrole nitrogens is 1. The fraction of sp³-hybridized carbons (Fsp3) is 0.429. The van der Waals surface area contributed by atoms with Crippen molar-refractivity contribution in [3.8, 4) is 11.5 Å². The number of nitrogens with one attached hydrogen (secondary N) is 1. The van der Waals surface area contributed by atoms with Gasteiger partial charge in [0, 0.05) is 29.6 Å². The zero-order valence-corrected chi connectivity index (χ0v) is 20.7. The van der Waals surface area contributed by atoms with Crippen molar-refractivity contribution in [1.29, 1.82) is 0 Å². The molecule has 2 amide bonds. The summed E-state index contributed by atoms with van der Waals surface area (Å²) < 4.78 is 11.3. The van der Waals surface area contributed by atoms with Gasteiger partial charge < -0.3 is 24.3 Å². The van der Waals surface area contributed by atoms with Crippen molar-refractivity contribution in [2.24, 2.45) is 0 Å². The van der Waals surface area contributed by atoms with Crippen molar-refractivity contribution in [3.63, 3.8) is 0 Å². The minimum absolute atomic E-state index is 0.0201. The van der Waals surface area contributed by atoms with E-state index >= 15 is 0 Å². The summed E-state index contributed by atoms with van der Waals surface area (Å²) in [6, 6.07) is 13.0. The molecule has 0 aliphatic carbocycles. The van der Waals surface area contributed by atoms with Gasteiger partial charge in [0.1, 0.15) is 6.04 Å². The number of carbonyl (C=O) groups excluding carboxylic acids is 2.